The highest BCUT2D eigenvalue weighted by Crippen LogP contribution is 2.38. The van der Waals surface area contributed by atoms with Crippen LogP contribution < -0.4 is 10.6 Å². The molecule has 2 aromatic heterocycles. The quantitative estimate of drug-likeness (QED) is 0.396. The van der Waals surface area contributed by atoms with Crippen LogP contribution in [0.4, 0.5) is 10.7 Å². The number of aromatic nitrogens is 2. The summed E-state index contributed by atoms with van der Waals surface area (Å²) >= 11 is 7.12. The molecule has 4 rings (SSSR count). The zero-order valence-electron chi connectivity index (χ0n) is 17.7. The van der Waals surface area contributed by atoms with Crippen molar-refractivity contribution >= 4 is 45.3 Å². The lowest BCUT2D eigenvalue weighted by atomic mass is 9.95. The molecule has 0 fully saturated rings. The maximum absolute atomic E-state index is 12.6. The highest BCUT2D eigenvalue weighted by Gasteiger charge is 2.26. The van der Waals surface area contributed by atoms with Crippen molar-refractivity contribution in [2.75, 3.05) is 17.2 Å². The molecule has 162 valence electrons. The lowest BCUT2D eigenvalue weighted by Gasteiger charge is -2.13. The summed E-state index contributed by atoms with van der Waals surface area (Å²) in [6.07, 6.45) is 7.82. The third-order valence-electron chi connectivity index (χ3n) is 5.23. The summed E-state index contributed by atoms with van der Waals surface area (Å²) in [7, 11) is 0. The Morgan fingerprint density at radius 1 is 1.23 bits per heavy atom. The number of nitrogens with zero attached hydrogens (tertiary/aromatic N) is 2. The van der Waals surface area contributed by atoms with Crippen molar-refractivity contribution in [3.05, 3.63) is 63.8 Å². The molecule has 8 heteroatoms. The number of thiophene rings is 1. The van der Waals surface area contributed by atoms with Gasteiger partial charge >= 0.3 is 5.97 Å². The molecule has 0 bridgehead atoms. The minimum Gasteiger partial charge on any atom is -0.462 e. The molecule has 0 amide bonds. The molecule has 0 unspecified atom stereocenters. The van der Waals surface area contributed by atoms with E-state index in [1.165, 1.54) is 16.0 Å². The monoisotopic (exact) mass is 454 g/mol. The lowest BCUT2D eigenvalue weighted by Crippen LogP contribution is -2.20. The number of rotatable bonds is 6. The van der Waals surface area contributed by atoms with Crippen molar-refractivity contribution in [2.45, 2.75) is 46.1 Å². The van der Waals surface area contributed by atoms with Crippen molar-refractivity contribution in [1.29, 1.82) is 0 Å². The van der Waals surface area contributed by atoms with E-state index < -0.39 is 0 Å². The first kappa shape index (κ1) is 21.5. The van der Waals surface area contributed by atoms with Crippen LogP contribution in [-0.2, 0) is 24.1 Å². The van der Waals surface area contributed by atoms with Gasteiger partial charge in [0.05, 0.1) is 30.6 Å². The second-order valence-electron chi connectivity index (χ2n) is 7.63. The fourth-order valence-electron chi connectivity index (χ4n) is 3.73. The molecule has 1 aliphatic carbocycles. The molecule has 0 atom stereocenters. The Labute approximate surface area is 191 Å². The van der Waals surface area contributed by atoms with Crippen molar-refractivity contribution in [1.82, 2.24) is 9.78 Å². The number of esters is 1. The van der Waals surface area contributed by atoms with Crippen LogP contribution in [0.25, 0.3) is 0 Å². The van der Waals surface area contributed by atoms with Crippen LogP contribution in [0.3, 0.4) is 0 Å². The van der Waals surface area contributed by atoms with Gasteiger partial charge in [-0.15, -0.1) is 11.3 Å². The molecular weight excluding hydrogens is 428 g/mol. The van der Waals surface area contributed by atoms with Crippen molar-refractivity contribution in [3.8, 4) is 0 Å². The molecule has 6 nitrogen and oxygen atoms in total. The topological polar surface area (TPSA) is 68.2 Å². The first-order valence-corrected chi connectivity index (χ1v) is 11.7. The minimum atomic E-state index is -0.280. The fraction of sp³-hybridized carbons (Fsp3) is 0.348. The molecule has 1 aromatic carbocycles. The first-order valence-electron chi connectivity index (χ1n) is 10.5. The maximum Gasteiger partial charge on any atom is 0.341 e. The summed E-state index contributed by atoms with van der Waals surface area (Å²) in [5.74, 6) is -0.280. The predicted molar refractivity (Wildman–Crippen MR) is 129 cm³/mol. The van der Waals surface area contributed by atoms with Gasteiger partial charge < -0.3 is 15.4 Å². The summed E-state index contributed by atoms with van der Waals surface area (Å²) in [6, 6.07) is 8.40. The van der Waals surface area contributed by atoms with E-state index in [0.29, 0.717) is 23.8 Å². The second kappa shape index (κ2) is 9.62. The van der Waals surface area contributed by atoms with Crippen LogP contribution in [0.2, 0.25) is 0 Å². The van der Waals surface area contributed by atoms with Crippen molar-refractivity contribution in [3.63, 3.8) is 0 Å². The Kier molecular flexibility index (Phi) is 6.67. The summed E-state index contributed by atoms with van der Waals surface area (Å²) < 4.78 is 7.18. The van der Waals surface area contributed by atoms with Crippen LogP contribution in [0.5, 0.6) is 0 Å². The fourth-order valence-corrected chi connectivity index (χ4v) is 5.30. The number of anilines is 2. The minimum absolute atomic E-state index is 0.280. The highest BCUT2D eigenvalue weighted by molar-refractivity contribution is 7.80. The number of hydrogen-bond acceptors (Lipinski definition) is 5. The number of nitrogens with one attached hydrogen (secondary N) is 2. The summed E-state index contributed by atoms with van der Waals surface area (Å²) in [5.41, 5.74) is 4.97. The lowest BCUT2D eigenvalue weighted by molar-refractivity contribution is 0.0526. The number of carbonyl (C=O) groups excluding carboxylic acids is 1. The zero-order valence-corrected chi connectivity index (χ0v) is 19.4. The Balaban J connectivity index is 1.44. The van der Waals surface area contributed by atoms with E-state index in [9.17, 15) is 4.79 Å². The van der Waals surface area contributed by atoms with E-state index in [0.717, 1.165) is 41.9 Å². The summed E-state index contributed by atoms with van der Waals surface area (Å²) in [4.78, 5) is 13.9. The molecule has 31 heavy (non-hydrogen) atoms. The van der Waals surface area contributed by atoms with Gasteiger partial charge in [-0.2, -0.15) is 5.10 Å². The molecule has 0 saturated heterocycles. The zero-order chi connectivity index (χ0) is 21.8. The van der Waals surface area contributed by atoms with E-state index >= 15 is 0 Å². The van der Waals surface area contributed by atoms with Gasteiger partial charge in [-0.3, -0.25) is 4.68 Å². The average Bonchev–Trinajstić information content (AvgIpc) is 3.33. The smallest absolute Gasteiger partial charge is 0.341 e. The molecule has 3 aromatic rings. The predicted octanol–water partition coefficient (Wildman–Crippen LogP) is 5.17. The average molecular weight is 455 g/mol. The molecule has 0 aliphatic heterocycles. The molecule has 2 heterocycles. The molecule has 0 saturated carbocycles. The van der Waals surface area contributed by atoms with Crippen molar-refractivity contribution < 1.29 is 9.53 Å². The third kappa shape index (κ3) is 5.14. The molecule has 2 N–H and O–H groups in total. The third-order valence-corrected chi connectivity index (χ3v) is 6.65. The van der Waals surface area contributed by atoms with Crippen LogP contribution in [0, 0.1) is 6.92 Å². The molecule has 0 radical (unpaired) electrons. The van der Waals surface area contributed by atoms with Gasteiger partial charge in [0, 0.05) is 11.1 Å². The summed E-state index contributed by atoms with van der Waals surface area (Å²) in [6.45, 7) is 4.94. The number of thiocarbonyl (C=S) groups is 1. The van der Waals surface area contributed by atoms with Crippen LogP contribution in [-0.4, -0.2) is 27.5 Å². The number of carbonyl (C=O) groups is 1. The van der Waals surface area contributed by atoms with E-state index in [1.54, 1.807) is 17.5 Å². The SMILES string of the molecule is CCOC(=O)c1c(NC(=S)Nc2cnn(Cc3ccc(C)cc3)c2)sc2c1CCCC2. The number of ether oxygens (including phenoxy) is 1. The van der Waals surface area contributed by atoms with Gasteiger partial charge in [0.2, 0.25) is 0 Å². The molecule has 0 spiro atoms. The highest BCUT2D eigenvalue weighted by atomic mass is 32.1. The Hall–Kier alpha value is -2.71. The van der Waals surface area contributed by atoms with Gasteiger partial charge in [0.25, 0.3) is 0 Å². The Morgan fingerprint density at radius 3 is 2.77 bits per heavy atom. The normalized spacial score (nSPS) is 12.8. The van der Waals surface area contributed by atoms with Gasteiger partial charge in [-0.1, -0.05) is 29.8 Å². The summed E-state index contributed by atoms with van der Waals surface area (Å²) in [5, 5.41) is 12.0. The maximum atomic E-state index is 12.6. The number of benzene rings is 1. The molecular formula is C23H26N4O2S2. The first-order chi connectivity index (χ1) is 15.0. The van der Waals surface area contributed by atoms with Crippen LogP contribution in [0.1, 0.15) is 51.7 Å². The molecule has 1 aliphatic rings. The largest absolute Gasteiger partial charge is 0.462 e. The second-order valence-corrected chi connectivity index (χ2v) is 9.14. The van der Waals surface area contributed by atoms with Gasteiger partial charge in [0.15, 0.2) is 5.11 Å². The van der Waals surface area contributed by atoms with E-state index in [1.807, 2.05) is 17.8 Å². The Morgan fingerprint density at radius 2 is 2.00 bits per heavy atom. The standard InChI is InChI=1S/C23H26N4O2S2/c1-3-29-22(28)20-18-6-4-5-7-19(18)31-21(20)26-23(30)25-17-12-24-27(14-17)13-16-10-8-15(2)9-11-16/h8-12,14H,3-7,13H2,1-2H3,(H2,25,26,30). The van der Waals surface area contributed by atoms with E-state index in [-0.39, 0.29) is 5.97 Å². The van der Waals surface area contributed by atoms with Crippen LogP contribution >= 0.6 is 23.6 Å². The van der Waals surface area contributed by atoms with Crippen molar-refractivity contribution in [2.24, 2.45) is 0 Å². The van der Waals surface area contributed by atoms with Gasteiger partial charge in [-0.05, 0) is 62.9 Å². The number of fused-ring (bicyclic) bond motifs is 1. The van der Waals surface area contributed by atoms with E-state index in [4.69, 9.17) is 17.0 Å². The number of aryl methyl sites for hydroxylation is 2. The van der Waals surface area contributed by atoms with Gasteiger partial charge in [0.1, 0.15) is 5.00 Å². The van der Waals surface area contributed by atoms with Crippen LogP contribution in [0.15, 0.2) is 36.7 Å². The van der Waals surface area contributed by atoms with E-state index in [2.05, 4.69) is 46.9 Å². The van der Waals surface area contributed by atoms with Gasteiger partial charge in [-0.25, -0.2) is 4.79 Å². The Bertz CT molecular complexity index is 1090. The number of hydrogen-bond donors (Lipinski definition) is 2.